The van der Waals surface area contributed by atoms with E-state index in [9.17, 15) is 0 Å². The van der Waals surface area contributed by atoms with Gasteiger partial charge in [-0.2, -0.15) is 0 Å². The second kappa shape index (κ2) is 13.5. The molecule has 0 radical (unpaired) electrons. The van der Waals surface area contributed by atoms with Gasteiger partial charge in [0.15, 0.2) is 5.96 Å². The summed E-state index contributed by atoms with van der Waals surface area (Å²) >= 11 is 0. The summed E-state index contributed by atoms with van der Waals surface area (Å²) in [5.41, 5.74) is 7.42. The maximum atomic E-state index is 6.09. The Kier molecular flexibility index (Phi) is 11.9. The molecule has 0 saturated carbocycles. The molecule has 2 N–H and O–H groups in total. The number of likely N-dealkylation sites (tertiary alicyclic amines) is 1. The van der Waals surface area contributed by atoms with Gasteiger partial charge in [0.25, 0.3) is 0 Å². The van der Waals surface area contributed by atoms with Gasteiger partial charge >= 0.3 is 0 Å². The zero-order valence-electron chi connectivity index (χ0n) is 14.7. The number of nitrogens with zero attached hydrogens (tertiary/aromatic N) is 2. The topological polar surface area (TPSA) is 50.9 Å². The minimum atomic E-state index is 0. The van der Waals surface area contributed by atoms with Crippen LogP contribution < -0.4 is 5.73 Å². The minimum absolute atomic E-state index is 0. The Morgan fingerprint density at radius 3 is 2.42 bits per heavy atom. The summed E-state index contributed by atoms with van der Waals surface area (Å²) in [7, 11) is 0. The van der Waals surface area contributed by atoms with E-state index in [0.717, 1.165) is 58.1 Å². The highest BCUT2D eigenvalue weighted by atomic mass is 127. The molecule has 0 aromatic heterocycles. The quantitative estimate of drug-likeness (QED) is 0.286. The normalized spacial score (nSPS) is 15.7. The van der Waals surface area contributed by atoms with Crippen molar-refractivity contribution in [2.45, 2.75) is 44.9 Å². The summed E-state index contributed by atoms with van der Waals surface area (Å²) in [4.78, 5) is 6.76. The number of benzene rings is 1. The lowest BCUT2D eigenvalue weighted by atomic mass is 10.2. The molecule has 0 atom stereocenters. The van der Waals surface area contributed by atoms with Crippen LogP contribution in [-0.2, 0) is 11.2 Å². The van der Waals surface area contributed by atoms with Crippen LogP contribution in [0.3, 0.4) is 0 Å². The highest BCUT2D eigenvalue weighted by molar-refractivity contribution is 14.0. The van der Waals surface area contributed by atoms with Crippen LogP contribution in [0.5, 0.6) is 0 Å². The largest absolute Gasteiger partial charge is 0.381 e. The molecule has 1 aromatic carbocycles. The molecule has 5 heteroatoms. The summed E-state index contributed by atoms with van der Waals surface area (Å²) in [6, 6.07) is 10.5. The molecule has 1 saturated heterocycles. The van der Waals surface area contributed by atoms with Crippen molar-refractivity contribution in [2.75, 3.05) is 32.8 Å². The standard InChI is InChI=1S/C19H31N3O.HI/c20-19(22-14-7-1-2-8-15-22)21-13-6-9-16-23-17-12-18-10-4-3-5-11-18;/h3-5,10-11H,1-2,6-9,12-17H2,(H2,20,21);1H. The third-order valence-corrected chi connectivity index (χ3v) is 4.28. The van der Waals surface area contributed by atoms with E-state index in [1.54, 1.807) is 0 Å². The maximum Gasteiger partial charge on any atom is 0.191 e. The van der Waals surface area contributed by atoms with Crippen LogP contribution in [0, 0.1) is 0 Å². The van der Waals surface area contributed by atoms with Gasteiger partial charge in [0.2, 0.25) is 0 Å². The van der Waals surface area contributed by atoms with Crippen LogP contribution in [0.2, 0.25) is 0 Å². The fraction of sp³-hybridized carbons (Fsp3) is 0.632. The van der Waals surface area contributed by atoms with Gasteiger partial charge in [0, 0.05) is 26.2 Å². The smallest absolute Gasteiger partial charge is 0.191 e. The first-order valence-corrected chi connectivity index (χ1v) is 9.03. The van der Waals surface area contributed by atoms with Gasteiger partial charge in [-0.3, -0.25) is 4.99 Å². The van der Waals surface area contributed by atoms with E-state index in [4.69, 9.17) is 10.5 Å². The predicted molar refractivity (Wildman–Crippen MR) is 112 cm³/mol. The van der Waals surface area contributed by atoms with Gasteiger partial charge in [-0.15, -0.1) is 24.0 Å². The van der Waals surface area contributed by atoms with Gasteiger partial charge in [-0.1, -0.05) is 43.2 Å². The van der Waals surface area contributed by atoms with Crippen molar-refractivity contribution >= 4 is 29.9 Å². The molecule has 1 aliphatic heterocycles. The zero-order valence-corrected chi connectivity index (χ0v) is 17.0. The number of aliphatic imine (C=N–C) groups is 1. The Labute approximate surface area is 163 Å². The lowest BCUT2D eigenvalue weighted by Crippen LogP contribution is -2.38. The van der Waals surface area contributed by atoms with E-state index in [1.165, 1.54) is 31.2 Å². The van der Waals surface area contributed by atoms with E-state index in [-0.39, 0.29) is 24.0 Å². The molecule has 2 rings (SSSR count). The molecule has 1 fully saturated rings. The highest BCUT2D eigenvalue weighted by Crippen LogP contribution is 2.09. The molecule has 0 amide bonds. The number of nitrogens with two attached hydrogens (primary N) is 1. The molecule has 0 aliphatic carbocycles. The van der Waals surface area contributed by atoms with Crippen molar-refractivity contribution in [3.05, 3.63) is 35.9 Å². The Balaban J connectivity index is 0.00000288. The monoisotopic (exact) mass is 445 g/mol. The Morgan fingerprint density at radius 1 is 1.00 bits per heavy atom. The number of ether oxygens (including phenoxy) is 1. The summed E-state index contributed by atoms with van der Waals surface area (Å²) in [5, 5.41) is 0. The summed E-state index contributed by atoms with van der Waals surface area (Å²) in [6.45, 7) is 4.55. The molecule has 1 aliphatic rings. The Hall–Kier alpha value is -0.820. The lowest BCUT2D eigenvalue weighted by molar-refractivity contribution is 0.134. The third-order valence-electron chi connectivity index (χ3n) is 4.28. The van der Waals surface area contributed by atoms with Crippen molar-refractivity contribution < 1.29 is 4.74 Å². The first-order chi connectivity index (χ1) is 11.4. The molecular formula is C19H32IN3O. The van der Waals surface area contributed by atoms with Crippen LogP contribution in [0.25, 0.3) is 0 Å². The van der Waals surface area contributed by atoms with Crippen molar-refractivity contribution in [1.29, 1.82) is 0 Å². The van der Waals surface area contributed by atoms with Crippen LogP contribution in [0.1, 0.15) is 44.1 Å². The lowest BCUT2D eigenvalue weighted by Gasteiger charge is -2.21. The zero-order chi connectivity index (χ0) is 16.2. The first-order valence-electron chi connectivity index (χ1n) is 9.03. The number of hydrogen-bond acceptors (Lipinski definition) is 2. The van der Waals surface area contributed by atoms with Crippen molar-refractivity contribution in [3.63, 3.8) is 0 Å². The average molecular weight is 445 g/mol. The summed E-state index contributed by atoms with van der Waals surface area (Å²) in [6.07, 6.45) is 8.21. The third kappa shape index (κ3) is 8.87. The highest BCUT2D eigenvalue weighted by Gasteiger charge is 2.10. The Morgan fingerprint density at radius 2 is 1.71 bits per heavy atom. The van der Waals surface area contributed by atoms with E-state index in [2.05, 4.69) is 34.2 Å². The summed E-state index contributed by atoms with van der Waals surface area (Å²) < 4.78 is 5.69. The number of unbranched alkanes of at least 4 members (excludes halogenated alkanes) is 1. The van der Waals surface area contributed by atoms with Gasteiger partial charge in [-0.05, 0) is 37.7 Å². The molecule has 136 valence electrons. The Bertz CT molecular complexity index is 445. The molecule has 0 spiro atoms. The van der Waals surface area contributed by atoms with Crippen LogP contribution in [0.15, 0.2) is 35.3 Å². The number of halogens is 1. The van der Waals surface area contributed by atoms with E-state index < -0.39 is 0 Å². The SMILES string of the molecule is I.NC(=NCCCCOCCc1ccccc1)N1CCCCCC1. The van der Waals surface area contributed by atoms with E-state index >= 15 is 0 Å². The summed E-state index contributed by atoms with van der Waals surface area (Å²) in [5.74, 6) is 0.733. The van der Waals surface area contributed by atoms with E-state index in [1.807, 2.05) is 6.07 Å². The molecule has 0 unspecified atom stereocenters. The van der Waals surface area contributed by atoms with Crippen LogP contribution >= 0.6 is 24.0 Å². The number of rotatable bonds is 8. The number of hydrogen-bond donors (Lipinski definition) is 1. The number of guanidine groups is 1. The predicted octanol–water partition coefficient (Wildman–Crippen LogP) is 3.83. The van der Waals surface area contributed by atoms with Crippen molar-refractivity contribution in [3.8, 4) is 0 Å². The molecule has 1 aromatic rings. The van der Waals surface area contributed by atoms with Crippen LogP contribution in [-0.4, -0.2) is 43.7 Å². The second-order valence-corrected chi connectivity index (χ2v) is 6.20. The fourth-order valence-corrected chi connectivity index (χ4v) is 2.85. The molecular weight excluding hydrogens is 413 g/mol. The molecule has 4 nitrogen and oxygen atoms in total. The fourth-order valence-electron chi connectivity index (χ4n) is 2.85. The van der Waals surface area contributed by atoms with Gasteiger partial charge in [-0.25, -0.2) is 0 Å². The average Bonchev–Trinajstić information content (AvgIpc) is 2.87. The molecule has 0 bridgehead atoms. The molecule has 1 heterocycles. The van der Waals surface area contributed by atoms with Crippen molar-refractivity contribution in [2.24, 2.45) is 10.7 Å². The van der Waals surface area contributed by atoms with Crippen molar-refractivity contribution in [1.82, 2.24) is 4.90 Å². The first kappa shape index (κ1) is 21.2. The maximum absolute atomic E-state index is 6.09. The van der Waals surface area contributed by atoms with Gasteiger partial charge in [0.1, 0.15) is 0 Å². The van der Waals surface area contributed by atoms with Gasteiger partial charge < -0.3 is 15.4 Å². The second-order valence-electron chi connectivity index (χ2n) is 6.20. The van der Waals surface area contributed by atoms with Crippen LogP contribution in [0.4, 0.5) is 0 Å². The molecule has 24 heavy (non-hydrogen) atoms. The van der Waals surface area contributed by atoms with E-state index in [0.29, 0.717) is 0 Å². The van der Waals surface area contributed by atoms with Gasteiger partial charge in [0.05, 0.1) is 6.61 Å². The minimum Gasteiger partial charge on any atom is -0.381 e.